The van der Waals surface area contributed by atoms with Gasteiger partial charge in [0.2, 0.25) is 0 Å². The Morgan fingerprint density at radius 3 is 2.61 bits per heavy atom. The van der Waals surface area contributed by atoms with Gasteiger partial charge < -0.3 is 4.57 Å². The number of ketones is 1. The second-order valence-corrected chi connectivity index (χ2v) is 6.81. The minimum atomic E-state index is -0.223. The van der Waals surface area contributed by atoms with Crippen LogP contribution in [0.3, 0.4) is 0 Å². The van der Waals surface area contributed by atoms with E-state index in [4.69, 9.17) is 4.98 Å². The second kappa shape index (κ2) is 5.44. The summed E-state index contributed by atoms with van der Waals surface area (Å²) in [4.78, 5) is 28.8. The number of nitrogens with zero attached hydrogens (tertiary/aromatic N) is 2. The van der Waals surface area contributed by atoms with Crippen LogP contribution in [0, 0.1) is 19.8 Å². The van der Waals surface area contributed by atoms with Crippen molar-refractivity contribution in [2.24, 2.45) is 5.92 Å². The summed E-state index contributed by atoms with van der Waals surface area (Å²) in [6.07, 6.45) is 2.60. The Balaban J connectivity index is 2.33. The molecule has 23 heavy (non-hydrogen) atoms. The molecule has 1 unspecified atom stereocenters. The molecule has 0 radical (unpaired) electrons. The molecule has 4 nitrogen and oxygen atoms in total. The van der Waals surface area contributed by atoms with Gasteiger partial charge in [0.25, 0.3) is 0 Å². The van der Waals surface area contributed by atoms with Crippen molar-refractivity contribution in [3.63, 3.8) is 0 Å². The van der Waals surface area contributed by atoms with E-state index in [-0.39, 0.29) is 22.8 Å². The highest BCUT2D eigenvalue weighted by atomic mass is 16.1. The number of fused-ring (bicyclic) bond motifs is 3. The van der Waals surface area contributed by atoms with Gasteiger partial charge in [0.15, 0.2) is 11.2 Å². The number of carbonyl (C=O) groups excluding carboxylic acids is 1. The highest BCUT2D eigenvalue weighted by Crippen LogP contribution is 2.36. The van der Waals surface area contributed by atoms with E-state index >= 15 is 0 Å². The van der Waals surface area contributed by atoms with Crippen molar-refractivity contribution in [2.75, 3.05) is 0 Å². The van der Waals surface area contributed by atoms with E-state index < -0.39 is 0 Å². The predicted octanol–water partition coefficient (Wildman–Crippen LogP) is 3.48. The van der Waals surface area contributed by atoms with Crippen molar-refractivity contribution in [1.29, 1.82) is 0 Å². The lowest BCUT2D eigenvalue weighted by molar-refractivity contribution is 0.101. The van der Waals surface area contributed by atoms with Crippen molar-refractivity contribution < 1.29 is 4.79 Å². The van der Waals surface area contributed by atoms with E-state index in [1.54, 1.807) is 12.3 Å². The molecule has 2 aromatic rings. The maximum atomic E-state index is 12.3. The molecule has 1 aliphatic rings. The minimum absolute atomic E-state index is 0.188. The lowest BCUT2D eigenvalue weighted by Crippen LogP contribution is -2.28. The quantitative estimate of drug-likeness (QED) is 0.798. The van der Waals surface area contributed by atoms with E-state index in [1.165, 1.54) is 18.1 Å². The van der Waals surface area contributed by atoms with Gasteiger partial charge in [0.05, 0.1) is 17.0 Å². The van der Waals surface area contributed by atoms with Crippen LogP contribution in [0.2, 0.25) is 0 Å². The molecular formula is C19H22N2O2. The first-order chi connectivity index (χ1) is 10.8. The SMILES string of the molecule is CC(=O)c1cn2c(cc1=O)-c1nc(C)c(C)cc1CC2C(C)C. The largest absolute Gasteiger partial charge is 0.342 e. The van der Waals surface area contributed by atoms with Crippen LogP contribution in [0.25, 0.3) is 11.4 Å². The normalized spacial score (nSPS) is 16.2. The van der Waals surface area contributed by atoms with Crippen LogP contribution in [-0.2, 0) is 6.42 Å². The average molecular weight is 310 g/mol. The number of rotatable bonds is 2. The Morgan fingerprint density at radius 2 is 2.00 bits per heavy atom. The van der Waals surface area contributed by atoms with Gasteiger partial charge in [-0.25, -0.2) is 0 Å². The molecule has 1 atom stereocenters. The van der Waals surface area contributed by atoms with Gasteiger partial charge in [-0.3, -0.25) is 14.6 Å². The molecule has 0 N–H and O–H groups in total. The van der Waals surface area contributed by atoms with Crippen LogP contribution in [-0.4, -0.2) is 15.3 Å². The van der Waals surface area contributed by atoms with Crippen LogP contribution >= 0.6 is 0 Å². The first kappa shape index (κ1) is 15.7. The lowest BCUT2D eigenvalue weighted by atomic mass is 9.89. The molecule has 120 valence electrons. The first-order valence-corrected chi connectivity index (χ1v) is 8.04. The Hall–Kier alpha value is -2.23. The zero-order chi connectivity index (χ0) is 16.9. The number of hydrogen-bond acceptors (Lipinski definition) is 3. The zero-order valence-electron chi connectivity index (χ0n) is 14.3. The monoisotopic (exact) mass is 310 g/mol. The van der Waals surface area contributed by atoms with Crippen molar-refractivity contribution in [3.05, 3.63) is 50.9 Å². The van der Waals surface area contributed by atoms with Crippen LogP contribution in [0.5, 0.6) is 0 Å². The Bertz CT molecular complexity index is 862. The molecule has 0 aliphatic carbocycles. The van der Waals surface area contributed by atoms with Crippen molar-refractivity contribution in [2.45, 2.75) is 47.1 Å². The number of carbonyl (C=O) groups is 1. The van der Waals surface area contributed by atoms with E-state index in [2.05, 4.69) is 31.4 Å². The average Bonchev–Trinajstić information content (AvgIpc) is 2.47. The number of aromatic nitrogens is 2. The summed E-state index contributed by atoms with van der Waals surface area (Å²) < 4.78 is 2.08. The summed E-state index contributed by atoms with van der Waals surface area (Å²) in [7, 11) is 0. The van der Waals surface area contributed by atoms with E-state index in [1.807, 2.05) is 6.92 Å². The molecule has 3 heterocycles. The molecule has 3 rings (SSSR count). The highest BCUT2D eigenvalue weighted by Gasteiger charge is 2.28. The van der Waals surface area contributed by atoms with Crippen molar-refractivity contribution in [3.8, 4) is 11.4 Å². The van der Waals surface area contributed by atoms with Gasteiger partial charge in [-0.15, -0.1) is 0 Å². The van der Waals surface area contributed by atoms with Gasteiger partial charge in [0.1, 0.15) is 0 Å². The molecule has 1 aliphatic heterocycles. The second-order valence-electron chi connectivity index (χ2n) is 6.81. The lowest BCUT2D eigenvalue weighted by Gasteiger charge is -2.33. The molecule has 0 fully saturated rings. The smallest absolute Gasteiger partial charge is 0.193 e. The Labute approximate surface area is 136 Å². The summed E-state index contributed by atoms with van der Waals surface area (Å²) in [5.41, 5.74) is 5.05. The summed E-state index contributed by atoms with van der Waals surface area (Å²) in [5, 5.41) is 0. The summed E-state index contributed by atoms with van der Waals surface area (Å²) in [5.74, 6) is 0.206. The fraction of sp³-hybridized carbons (Fsp3) is 0.421. The maximum absolute atomic E-state index is 12.3. The third-order valence-corrected chi connectivity index (χ3v) is 4.80. The number of pyridine rings is 2. The topological polar surface area (TPSA) is 52.0 Å². The van der Waals surface area contributed by atoms with Crippen LogP contribution in [0.15, 0.2) is 23.1 Å². The maximum Gasteiger partial charge on any atom is 0.193 e. The molecule has 4 heteroatoms. The summed E-state index contributed by atoms with van der Waals surface area (Å²) >= 11 is 0. The molecule has 0 bridgehead atoms. The molecule has 0 spiro atoms. The fourth-order valence-corrected chi connectivity index (χ4v) is 3.30. The van der Waals surface area contributed by atoms with Gasteiger partial charge in [-0.1, -0.05) is 19.9 Å². The molecular weight excluding hydrogens is 288 g/mol. The summed E-state index contributed by atoms with van der Waals surface area (Å²) in [6, 6.07) is 3.98. The first-order valence-electron chi connectivity index (χ1n) is 8.04. The Morgan fingerprint density at radius 1 is 1.30 bits per heavy atom. The van der Waals surface area contributed by atoms with Gasteiger partial charge in [-0.2, -0.15) is 0 Å². The van der Waals surface area contributed by atoms with E-state index in [9.17, 15) is 9.59 Å². The van der Waals surface area contributed by atoms with Gasteiger partial charge in [0, 0.05) is 24.0 Å². The van der Waals surface area contributed by atoms with Crippen LogP contribution in [0.4, 0.5) is 0 Å². The predicted molar refractivity (Wildman–Crippen MR) is 91.0 cm³/mol. The fourth-order valence-electron chi connectivity index (χ4n) is 3.30. The number of hydrogen-bond donors (Lipinski definition) is 0. The van der Waals surface area contributed by atoms with Crippen molar-refractivity contribution >= 4 is 5.78 Å². The standard InChI is InChI=1S/C19H22N2O2/c1-10(2)16-7-14-6-11(3)12(4)20-19(14)17-8-18(23)15(13(5)22)9-21(16)17/h6,8-10,16H,7H2,1-5H3. The van der Waals surface area contributed by atoms with Gasteiger partial charge in [-0.05, 0) is 44.2 Å². The zero-order valence-corrected chi connectivity index (χ0v) is 14.3. The van der Waals surface area contributed by atoms with Crippen LogP contribution in [0.1, 0.15) is 54.0 Å². The molecule has 0 amide bonds. The molecule has 0 saturated carbocycles. The third kappa shape index (κ3) is 2.52. The number of Topliss-reactive ketones (excluding diaryl/α,β-unsaturated/α-hetero) is 1. The van der Waals surface area contributed by atoms with Crippen molar-refractivity contribution in [1.82, 2.24) is 9.55 Å². The third-order valence-electron chi connectivity index (χ3n) is 4.80. The number of aryl methyl sites for hydroxylation is 2. The van der Waals surface area contributed by atoms with E-state index in [0.29, 0.717) is 5.92 Å². The molecule has 0 aromatic carbocycles. The van der Waals surface area contributed by atoms with E-state index in [0.717, 1.165) is 23.5 Å². The molecule has 2 aromatic heterocycles. The Kier molecular flexibility index (Phi) is 3.71. The van der Waals surface area contributed by atoms with Crippen LogP contribution < -0.4 is 5.43 Å². The highest BCUT2D eigenvalue weighted by molar-refractivity contribution is 5.94. The molecule has 0 saturated heterocycles. The summed E-state index contributed by atoms with van der Waals surface area (Å²) in [6.45, 7) is 9.82. The van der Waals surface area contributed by atoms with Gasteiger partial charge >= 0.3 is 0 Å². The minimum Gasteiger partial charge on any atom is -0.342 e.